The minimum absolute atomic E-state index is 0.542. The largest absolute Gasteiger partial charge is 0.457 e. The van der Waals surface area contributed by atoms with Crippen LogP contribution in [0.25, 0.3) is 0 Å². The number of ether oxygens (including phenoxy) is 1. The number of alkyl halides is 1. The maximum Gasteiger partial charge on any atom is 0.130 e. The zero-order valence-corrected chi connectivity index (χ0v) is 11.8. The molecule has 0 aromatic heterocycles. The second-order valence-corrected chi connectivity index (χ2v) is 5.39. The number of rotatable bonds is 3. The summed E-state index contributed by atoms with van der Waals surface area (Å²) >= 11 is 5.83. The summed E-state index contributed by atoms with van der Waals surface area (Å²) in [6, 6.07) is 12.5. The van der Waals surface area contributed by atoms with Gasteiger partial charge in [0.25, 0.3) is 0 Å². The van der Waals surface area contributed by atoms with Crippen molar-refractivity contribution in [2.24, 2.45) is 0 Å². The number of hydrogen-bond acceptors (Lipinski definition) is 1. The van der Waals surface area contributed by atoms with Crippen LogP contribution in [-0.2, 0) is 18.7 Å². The fourth-order valence-electron chi connectivity index (χ4n) is 2.65. The van der Waals surface area contributed by atoms with Crippen LogP contribution in [-0.4, -0.2) is 0 Å². The van der Waals surface area contributed by atoms with Gasteiger partial charge >= 0.3 is 0 Å². The van der Waals surface area contributed by atoms with Gasteiger partial charge in [0.1, 0.15) is 11.5 Å². The lowest BCUT2D eigenvalue weighted by molar-refractivity contribution is 0.478. The average molecular weight is 273 g/mol. The Bertz CT molecular complexity index is 604. The monoisotopic (exact) mass is 272 g/mol. The van der Waals surface area contributed by atoms with Crippen molar-refractivity contribution in [2.75, 3.05) is 0 Å². The smallest absolute Gasteiger partial charge is 0.130 e. The summed E-state index contributed by atoms with van der Waals surface area (Å²) in [7, 11) is 0. The number of hydrogen-bond donors (Lipinski definition) is 0. The number of benzene rings is 2. The van der Waals surface area contributed by atoms with Crippen LogP contribution < -0.4 is 4.74 Å². The molecule has 2 aromatic carbocycles. The number of halogens is 1. The molecule has 0 atom stereocenters. The van der Waals surface area contributed by atoms with Gasteiger partial charge in [0, 0.05) is 5.88 Å². The zero-order chi connectivity index (χ0) is 13.2. The highest BCUT2D eigenvalue weighted by Gasteiger charge is 2.12. The molecule has 0 unspecified atom stereocenters. The van der Waals surface area contributed by atoms with E-state index in [1.807, 2.05) is 12.1 Å². The van der Waals surface area contributed by atoms with Crippen molar-refractivity contribution in [3.05, 3.63) is 58.7 Å². The van der Waals surface area contributed by atoms with Crippen molar-refractivity contribution in [2.45, 2.75) is 32.1 Å². The van der Waals surface area contributed by atoms with Crippen molar-refractivity contribution < 1.29 is 4.74 Å². The zero-order valence-electron chi connectivity index (χ0n) is 11.1. The van der Waals surface area contributed by atoms with Crippen LogP contribution in [0.1, 0.15) is 28.7 Å². The van der Waals surface area contributed by atoms with E-state index in [1.165, 1.54) is 30.4 Å². The van der Waals surface area contributed by atoms with Gasteiger partial charge in [-0.05, 0) is 66.6 Å². The highest BCUT2D eigenvalue weighted by Crippen LogP contribution is 2.30. The summed E-state index contributed by atoms with van der Waals surface area (Å²) < 4.78 is 5.99. The third-order valence-electron chi connectivity index (χ3n) is 3.69. The summed E-state index contributed by atoms with van der Waals surface area (Å²) in [4.78, 5) is 0. The van der Waals surface area contributed by atoms with Crippen molar-refractivity contribution in [3.63, 3.8) is 0 Å². The first-order chi connectivity index (χ1) is 9.26. The summed E-state index contributed by atoms with van der Waals surface area (Å²) in [5.74, 6) is 2.38. The Kier molecular flexibility index (Phi) is 3.48. The second-order valence-electron chi connectivity index (χ2n) is 5.12. The predicted molar refractivity (Wildman–Crippen MR) is 79.3 cm³/mol. The second kappa shape index (κ2) is 5.26. The van der Waals surface area contributed by atoms with Gasteiger partial charge in [0.05, 0.1) is 0 Å². The van der Waals surface area contributed by atoms with E-state index in [-0.39, 0.29) is 0 Å². The fraction of sp³-hybridized carbons (Fsp3) is 0.294. The maximum atomic E-state index is 5.99. The van der Waals surface area contributed by atoms with E-state index < -0.39 is 0 Å². The normalized spacial score (nSPS) is 13.4. The highest BCUT2D eigenvalue weighted by molar-refractivity contribution is 6.17. The molecule has 0 saturated carbocycles. The molecule has 0 N–H and O–H groups in total. The molecule has 2 heteroatoms. The lowest BCUT2D eigenvalue weighted by Crippen LogP contribution is -1.91. The topological polar surface area (TPSA) is 9.23 Å². The van der Waals surface area contributed by atoms with Crippen LogP contribution in [0.3, 0.4) is 0 Å². The van der Waals surface area contributed by atoms with Crippen LogP contribution in [0, 0.1) is 6.92 Å². The maximum absolute atomic E-state index is 5.99. The Labute approximate surface area is 119 Å². The lowest BCUT2D eigenvalue weighted by atomic mass is 10.1. The molecule has 1 aliphatic rings. The molecule has 0 spiro atoms. The molecular weight excluding hydrogens is 256 g/mol. The van der Waals surface area contributed by atoms with Crippen molar-refractivity contribution in [1.29, 1.82) is 0 Å². The van der Waals surface area contributed by atoms with Gasteiger partial charge in [-0.1, -0.05) is 18.2 Å². The Balaban J connectivity index is 1.85. The molecule has 0 amide bonds. The first-order valence-corrected chi connectivity index (χ1v) is 7.25. The van der Waals surface area contributed by atoms with Crippen molar-refractivity contribution in [1.82, 2.24) is 0 Å². The van der Waals surface area contributed by atoms with Gasteiger partial charge in [-0.25, -0.2) is 0 Å². The van der Waals surface area contributed by atoms with Gasteiger partial charge in [-0.15, -0.1) is 11.6 Å². The summed E-state index contributed by atoms with van der Waals surface area (Å²) in [5, 5.41) is 0. The molecule has 0 bridgehead atoms. The van der Waals surface area contributed by atoms with E-state index >= 15 is 0 Å². The summed E-state index contributed by atoms with van der Waals surface area (Å²) in [6.07, 6.45) is 3.65. The van der Waals surface area contributed by atoms with Gasteiger partial charge in [-0.3, -0.25) is 0 Å². The van der Waals surface area contributed by atoms with Crippen LogP contribution in [0.4, 0.5) is 0 Å². The lowest BCUT2D eigenvalue weighted by Gasteiger charge is -2.11. The molecule has 19 heavy (non-hydrogen) atoms. The first kappa shape index (κ1) is 12.6. The SMILES string of the molecule is Cc1cc(CCl)ccc1Oc1ccc2c(c1)CCC2. The summed E-state index contributed by atoms with van der Waals surface area (Å²) in [5.41, 5.74) is 5.16. The van der Waals surface area contributed by atoms with Gasteiger partial charge < -0.3 is 4.74 Å². The highest BCUT2D eigenvalue weighted by atomic mass is 35.5. The minimum atomic E-state index is 0.542. The Morgan fingerprint density at radius 3 is 2.68 bits per heavy atom. The molecule has 0 fully saturated rings. The Morgan fingerprint density at radius 1 is 1.05 bits per heavy atom. The van der Waals surface area contributed by atoms with Gasteiger partial charge in [-0.2, -0.15) is 0 Å². The molecule has 1 aliphatic carbocycles. The molecule has 3 rings (SSSR count). The number of aryl methyl sites for hydroxylation is 3. The van der Waals surface area contributed by atoms with Gasteiger partial charge in [0.2, 0.25) is 0 Å². The van der Waals surface area contributed by atoms with Crippen molar-refractivity contribution >= 4 is 11.6 Å². The standard InChI is InChI=1S/C17H17ClO/c1-12-9-13(11-18)5-8-17(12)19-16-7-6-14-3-2-4-15(14)10-16/h5-10H,2-4,11H2,1H3. The van der Waals surface area contributed by atoms with Crippen LogP contribution >= 0.6 is 11.6 Å². The van der Waals surface area contributed by atoms with Crippen molar-refractivity contribution in [3.8, 4) is 11.5 Å². The van der Waals surface area contributed by atoms with Gasteiger partial charge in [0.15, 0.2) is 0 Å². The average Bonchev–Trinajstić information content (AvgIpc) is 2.88. The Hall–Kier alpha value is -1.47. The molecule has 1 nitrogen and oxygen atoms in total. The summed E-state index contributed by atoms with van der Waals surface area (Å²) in [6.45, 7) is 2.05. The van der Waals surface area contributed by atoms with Crippen LogP contribution in [0.5, 0.6) is 11.5 Å². The minimum Gasteiger partial charge on any atom is -0.457 e. The molecule has 0 radical (unpaired) electrons. The van der Waals surface area contributed by atoms with Crippen LogP contribution in [0.2, 0.25) is 0 Å². The molecular formula is C17H17ClO. The molecule has 0 aliphatic heterocycles. The number of fused-ring (bicyclic) bond motifs is 1. The molecule has 2 aromatic rings. The molecule has 0 saturated heterocycles. The predicted octanol–water partition coefficient (Wildman–Crippen LogP) is 5.01. The third-order valence-corrected chi connectivity index (χ3v) is 4.00. The Morgan fingerprint density at radius 2 is 1.89 bits per heavy atom. The van der Waals surface area contributed by atoms with E-state index in [4.69, 9.17) is 16.3 Å². The fourth-order valence-corrected chi connectivity index (χ4v) is 2.81. The molecule has 0 heterocycles. The molecule has 98 valence electrons. The van der Waals surface area contributed by atoms with Crippen LogP contribution in [0.15, 0.2) is 36.4 Å². The quantitative estimate of drug-likeness (QED) is 0.713. The van der Waals surface area contributed by atoms with E-state index in [1.54, 1.807) is 0 Å². The van der Waals surface area contributed by atoms with E-state index in [9.17, 15) is 0 Å². The van der Waals surface area contributed by atoms with E-state index in [0.717, 1.165) is 22.6 Å². The van der Waals surface area contributed by atoms with E-state index in [0.29, 0.717) is 5.88 Å². The van der Waals surface area contributed by atoms with E-state index in [2.05, 4.69) is 31.2 Å². The first-order valence-electron chi connectivity index (χ1n) is 6.71. The third kappa shape index (κ3) is 2.62.